The molecule has 1 aliphatic rings. The van der Waals surface area contributed by atoms with Crippen LogP contribution in [0.4, 0.5) is 5.95 Å². The van der Waals surface area contributed by atoms with Crippen LogP contribution in [0.5, 0.6) is 0 Å². The fourth-order valence-electron chi connectivity index (χ4n) is 4.07. The van der Waals surface area contributed by atoms with Crippen LogP contribution in [0.25, 0.3) is 11.0 Å². The van der Waals surface area contributed by atoms with Gasteiger partial charge in [0.2, 0.25) is 5.95 Å². The lowest BCUT2D eigenvalue weighted by atomic mass is 10.0. The first-order valence-corrected chi connectivity index (χ1v) is 9.63. The Labute approximate surface area is 156 Å². The highest BCUT2D eigenvalue weighted by Gasteiger charge is 2.25. The van der Waals surface area contributed by atoms with E-state index in [2.05, 4.69) is 83.1 Å². The summed E-state index contributed by atoms with van der Waals surface area (Å²) in [5.41, 5.74) is 3.72. The van der Waals surface area contributed by atoms with Gasteiger partial charge in [-0.1, -0.05) is 42.5 Å². The third-order valence-corrected chi connectivity index (χ3v) is 5.74. The minimum Gasteiger partial charge on any atom is -0.342 e. The van der Waals surface area contributed by atoms with Gasteiger partial charge in [-0.25, -0.2) is 4.98 Å². The number of para-hydroxylation sites is 2. The molecule has 0 saturated carbocycles. The molecule has 0 bridgehead atoms. The molecule has 0 radical (unpaired) electrons. The average molecular weight is 348 g/mol. The summed E-state index contributed by atoms with van der Waals surface area (Å²) in [6, 6.07) is 19.8. The lowest BCUT2D eigenvalue weighted by Gasteiger charge is -2.37. The summed E-state index contributed by atoms with van der Waals surface area (Å²) in [6.07, 6.45) is 3.55. The normalized spacial score (nSPS) is 16.2. The number of benzene rings is 2. The quantitative estimate of drug-likeness (QED) is 0.702. The van der Waals surface area contributed by atoms with Crippen molar-refractivity contribution in [3.05, 3.63) is 60.2 Å². The first kappa shape index (κ1) is 17.1. The Kier molecular flexibility index (Phi) is 4.93. The second-order valence-corrected chi connectivity index (χ2v) is 7.38. The molecular weight excluding hydrogens is 320 g/mol. The summed E-state index contributed by atoms with van der Waals surface area (Å²) < 4.78 is 2.22. The van der Waals surface area contributed by atoms with Crippen LogP contribution < -0.4 is 4.90 Å². The molecule has 1 aromatic heterocycles. The van der Waals surface area contributed by atoms with Gasteiger partial charge in [-0.3, -0.25) is 0 Å². The predicted molar refractivity (Wildman–Crippen MR) is 109 cm³/mol. The second-order valence-electron chi connectivity index (χ2n) is 7.38. The van der Waals surface area contributed by atoms with Crippen molar-refractivity contribution in [2.24, 2.45) is 7.05 Å². The van der Waals surface area contributed by atoms with Gasteiger partial charge in [0.15, 0.2) is 0 Å². The zero-order chi connectivity index (χ0) is 17.9. The third kappa shape index (κ3) is 3.47. The third-order valence-electron chi connectivity index (χ3n) is 5.74. The average Bonchev–Trinajstić information content (AvgIpc) is 3.04. The van der Waals surface area contributed by atoms with Crippen molar-refractivity contribution < 1.29 is 0 Å². The van der Waals surface area contributed by atoms with E-state index in [1.54, 1.807) is 0 Å². The molecule has 2 heterocycles. The Bertz CT molecular complexity index is 847. The van der Waals surface area contributed by atoms with E-state index in [9.17, 15) is 0 Å². The minimum absolute atomic E-state index is 0.568. The highest BCUT2D eigenvalue weighted by molar-refractivity contribution is 5.78. The van der Waals surface area contributed by atoms with Crippen LogP contribution in [0.15, 0.2) is 54.6 Å². The Morgan fingerprint density at radius 2 is 1.69 bits per heavy atom. The van der Waals surface area contributed by atoms with Crippen LogP contribution in [0, 0.1) is 0 Å². The number of fused-ring (bicyclic) bond motifs is 1. The zero-order valence-electron chi connectivity index (χ0n) is 15.8. The molecule has 4 nitrogen and oxygen atoms in total. The van der Waals surface area contributed by atoms with Crippen LogP contribution in [0.1, 0.15) is 18.4 Å². The minimum atomic E-state index is 0.568. The van der Waals surface area contributed by atoms with Gasteiger partial charge in [-0.05, 0) is 37.0 Å². The van der Waals surface area contributed by atoms with E-state index < -0.39 is 0 Å². The highest BCUT2D eigenvalue weighted by Crippen LogP contribution is 2.25. The van der Waals surface area contributed by atoms with Crippen molar-refractivity contribution in [2.45, 2.75) is 25.3 Å². The Morgan fingerprint density at radius 1 is 1.00 bits per heavy atom. The maximum atomic E-state index is 4.86. The van der Waals surface area contributed by atoms with Crippen molar-refractivity contribution in [3.63, 3.8) is 0 Å². The van der Waals surface area contributed by atoms with E-state index in [-0.39, 0.29) is 0 Å². The van der Waals surface area contributed by atoms with Gasteiger partial charge in [0.1, 0.15) is 0 Å². The molecule has 0 N–H and O–H groups in total. The Hall–Kier alpha value is -2.33. The summed E-state index contributed by atoms with van der Waals surface area (Å²) in [5.74, 6) is 1.08. The van der Waals surface area contributed by atoms with E-state index in [1.165, 1.54) is 37.0 Å². The van der Waals surface area contributed by atoms with E-state index in [4.69, 9.17) is 4.98 Å². The van der Waals surface area contributed by atoms with Crippen molar-refractivity contribution in [1.82, 2.24) is 14.5 Å². The van der Waals surface area contributed by atoms with Crippen molar-refractivity contribution in [1.29, 1.82) is 0 Å². The number of hydrogen-bond acceptors (Lipinski definition) is 3. The molecule has 136 valence electrons. The van der Waals surface area contributed by atoms with Crippen LogP contribution in [0.2, 0.25) is 0 Å². The number of aromatic nitrogens is 2. The van der Waals surface area contributed by atoms with E-state index in [0.29, 0.717) is 6.04 Å². The van der Waals surface area contributed by atoms with Gasteiger partial charge >= 0.3 is 0 Å². The molecule has 0 spiro atoms. The zero-order valence-corrected chi connectivity index (χ0v) is 15.8. The van der Waals surface area contributed by atoms with Gasteiger partial charge in [0.05, 0.1) is 11.0 Å². The Balaban J connectivity index is 1.35. The molecule has 0 aliphatic carbocycles. The van der Waals surface area contributed by atoms with Crippen molar-refractivity contribution >= 4 is 17.0 Å². The first-order valence-electron chi connectivity index (χ1n) is 9.63. The van der Waals surface area contributed by atoms with Crippen molar-refractivity contribution in [2.75, 3.05) is 31.6 Å². The van der Waals surface area contributed by atoms with Gasteiger partial charge in [0, 0.05) is 39.8 Å². The number of imidazole rings is 1. The first-order chi connectivity index (χ1) is 12.7. The molecule has 4 rings (SSSR count). The van der Waals surface area contributed by atoms with Gasteiger partial charge in [-0.15, -0.1) is 0 Å². The molecule has 1 aliphatic heterocycles. The lowest BCUT2D eigenvalue weighted by molar-refractivity contribution is 0.212. The molecule has 26 heavy (non-hydrogen) atoms. The molecule has 1 saturated heterocycles. The number of piperidine rings is 1. The number of rotatable bonds is 5. The predicted octanol–water partition coefficient (Wildman–Crippen LogP) is 3.72. The second kappa shape index (κ2) is 7.50. The van der Waals surface area contributed by atoms with Crippen LogP contribution >= 0.6 is 0 Å². The van der Waals surface area contributed by atoms with Crippen LogP contribution in [0.3, 0.4) is 0 Å². The summed E-state index contributed by atoms with van der Waals surface area (Å²) >= 11 is 0. The maximum Gasteiger partial charge on any atom is 0.206 e. The van der Waals surface area contributed by atoms with Crippen molar-refractivity contribution in [3.8, 4) is 0 Å². The number of nitrogens with zero attached hydrogens (tertiary/aromatic N) is 4. The Morgan fingerprint density at radius 3 is 2.42 bits per heavy atom. The molecule has 0 amide bonds. The van der Waals surface area contributed by atoms with Gasteiger partial charge in [0.25, 0.3) is 0 Å². The number of hydrogen-bond donors (Lipinski definition) is 0. The molecule has 0 atom stereocenters. The fourth-order valence-corrected chi connectivity index (χ4v) is 4.07. The molecule has 3 aromatic rings. The van der Waals surface area contributed by atoms with Gasteiger partial charge in [-0.2, -0.15) is 0 Å². The summed E-state index contributed by atoms with van der Waals surface area (Å²) in [7, 11) is 4.32. The lowest BCUT2D eigenvalue weighted by Crippen LogP contribution is -2.44. The van der Waals surface area contributed by atoms with E-state index >= 15 is 0 Å². The number of likely N-dealkylation sites (tertiary alicyclic amines) is 1. The SMILES string of the molecule is CN(c1nc2ccccc2n1C)C1CCN(CCc2ccccc2)CC1. The summed E-state index contributed by atoms with van der Waals surface area (Å²) in [6.45, 7) is 3.50. The van der Waals surface area contributed by atoms with Crippen LogP contribution in [-0.2, 0) is 13.5 Å². The molecule has 1 fully saturated rings. The molecule has 0 unspecified atom stereocenters. The van der Waals surface area contributed by atoms with Crippen LogP contribution in [-0.4, -0.2) is 47.2 Å². The topological polar surface area (TPSA) is 24.3 Å². The smallest absolute Gasteiger partial charge is 0.206 e. The maximum absolute atomic E-state index is 4.86. The monoisotopic (exact) mass is 348 g/mol. The molecular formula is C22H28N4. The van der Waals surface area contributed by atoms with E-state index in [0.717, 1.165) is 24.4 Å². The van der Waals surface area contributed by atoms with E-state index in [1.807, 2.05) is 0 Å². The highest BCUT2D eigenvalue weighted by atomic mass is 15.3. The standard InChI is InChI=1S/C22H28N4/c1-24(22-23-20-10-6-7-11-21(20)25(22)2)19-13-16-26(17-14-19)15-12-18-8-4-3-5-9-18/h3-11,19H,12-17H2,1-2H3. The number of anilines is 1. The number of aryl methyl sites for hydroxylation is 1. The molecule has 2 aromatic carbocycles. The molecule has 4 heteroatoms. The van der Waals surface area contributed by atoms with Gasteiger partial charge < -0.3 is 14.4 Å². The summed E-state index contributed by atoms with van der Waals surface area (Å²) in [5, 5.41) is 0. The summed E-state index contributed by atoms with van der Waals surface area (Å²) in [4.78, 5) is 9.84. The largest absolute Gasteiger partial charge is 0.342 e. The fraction of sp³-hybridized carbons (Fsp3) is 0.409.